The van der Waals surface area contributed by atoms with E-state index < -0.39 is 5.79 Å². The molecule has 0 spiro atoms. The number of hydrogen-bond acceptors (Lipinski definition) is 8. The summed E-state index contributed by atoms with van der Waals surface area (Å²) in [4.78, 5) is 9.37. The molecular weight excluding hydrogens is 529 g/mol. The molecule has 3 aromatic heterocycles. The van der Waals surface area contributed by atoms with Gasteiger partial charge in [0.25, 0.3) is 0 Å². The number of aryl methyl sites for hydroxylation is 1. The van der Waals surface area contributed by atoms with Gasteiger partial charge in [0.2, 0.25) is 0 Å². The van der Waals surface area contributed by atoms with E-state index in [0.717, 1.165) is 28.9 Å². The maximum atomic E-state index is 6.50. The molecule has 1 aliphatic heterocycles. The number of halogens is 2. The Labute approximate surface area is 230 Å². The number of nitrogens with one attached hydrogen (secondary N) is 1. The summed E-state index contributed by atoms with van der Waals surface area (Å²) in [5.41, 5.74) is 3.87. The molecule has 1 saturated heterocycles. The molecule has 1 N–H and O–H groups in total. The predicted octanol–water partition coefficient (Wildman–Crippen LogP) is 6.33. The zero-order valence-electron chi connectivity index (χ0n) is 21.6. The third kappa shape index (κ3) is 4.84. The Morgan fingerprint density at radius 3 is 2.82 bits per heavy atom. The monoisotopic (exact) mass is 557 g/mol. The molecule has 11 heteroatoms. The van der Waals surface area contributed by atoms with Crippen molar-refractivity contribution >= 4 is 40.1 Å². The molecule has 0 radical (unpaired) electrons. The standard InChI is InChI=1S/C27H29Cl2N5O4/c1-14-7-21-25(37-27(3,4)36-21)24(14)34-13-31-23-19(10-22(29)32-26(23)34)30-11-16-9-17(28)5-6-20(16)35-12-18-8-15(2)33-38-18/h5-6,8-10,13-14,21,24-25H,7,11-12H2,1-4H3,(H,30,32)/t14-,21+,24+,25+/m0/s1. The lowest BCUT2D eigenvalue weighted by molar-refractivity contribution is -0.158. The van der Waals surface area contributed by atoms with Crippen molar-refractivity contribution in [2.24, 2.45) is 5.92 Å². The van der Waals surface area contributed by atoms with Gasteiger partial charge in [-0.15, -0.1) is 0 Å². The molecule has 4 aromatic rings. The number of imidazole rings is 1. The highest BCUT2D eigenvalue weighted by Gasteiger charge is 2.53. The molecule has 4 atom stereocenters. The number of fused-ring (bicyclic) bond motifs is 2. The fourth-order valence-electron chi connectivity index (χ4n) is 5.58. The van der Waals surface area contributed by atoms with Crippen LogP contribution in [0.1, 0.15) is 50.3 Å². The van der Waals surface area contributed by atoms with Crippen molar-refractivity contribution in [3.8, 4) is 5.75 Å². The van der Waals surface area contributed by atoms with E-state index >= 15 is 0 Å². The van der Waals surface area contributed by atoms with E-state index in [1.165, 1.54) is 0 Å². The van der Waals surface area contributed by atoms with Gasteiger partial charge in [-0.1, -0.05) is 35.3 Å². The van der Waals surface area contributed by atoms with E-state index in [1.54, 1.807) is 12.1 Å². The Balaban J connectivity index is 1.26. The molecule has 0 bridgehead atoms. The molecule has 0 unspecified atom stereocenters. The van der Waals surface area contributed by atoms with Crippen LogP contribution in [0.15, 0.2) is 41.2 Å². The van der Waals surface area contributed by atoms with Gasteiger partial charge in [0.15, 0.2) is 17.2 Å². The van der Waals surface area contributed by atoms with E-state index in [9.17, 15) is 0 Å². The number of ether oxygens (including phenoxy) is 3. The summed E-state index contributed by atoms with van der Waals surface area (Å²) in [6.45, 7) is 8.68. The third-order valence-electron chi connectivity index (χ3n) is 7.10. The Bertz CT molecular complexity index is 1490. The van der Waals surface area contributed by atoms with Crippen molar-refractivity contribution in [1.29, 1.82) is 0 Å². The van der Waals surface area contributed by atoms with Gasteiger partial charge in [0, 0.05) is 29.3 Å². The average Bonchev–Trinajstić information content (AvgIpc) is 3.59. The van der Waals surface area contributed by atoms with Gasteiger partial charge in [-0.3, -0.25) is 0 Å². The molecule has 9 nitrogen and oxygen atoms in total. The summed E-state index contributed by atoms with van der Waals surface area (Å²) in [5, 5.41) is 8.35. The summed E-state index contributed by atoms with van der Waals surface area (Å²) in [5.74, 6) is 1.05. The van der Waals surface area contributed by atoms with Crippen molar-refractivity contribution in [2.75, 3.05) is 5.32 Å². The highest BCUT2D eigenvalue weighted by Crippen LogP contribution is 2.47. The normalized spacial score (nSPS) is 24.2. The molecule has 2 aliphatic rings. The Morgan fingerprint density at radius 1 is 1.18 bits per heavy atom. The van der Waals surface area contributed by atoms with Crippen LogP contribution < -0.4 is 10.1 Å². The van der Waals surface area contributed by atoms with Crippen molar-refractivity contribution in [3.05, 3.63) is 63.9 Å². The number of hydrogen-bond donors (Lipinski definition) is 1. The minimum absolute atomic E-state index is 0.0400. The van der Waals surface area contributed by atoms with Crippen LogP contribution in [0.4, 0.5) is 5.69 Å². The van der Waals surface area contributed by atoms with Crippen molar-refractivity contribution in [2.45, 2.75) is 71.3 Å². The van der Waals surface area contributed by atoms with Gasteiger partial charge < -0.3 is 28.6 Å². The molecule has 200 valence electrons. The van der Waals surface area contributed by atoms with Crippen LogP contribution in [0.25, 0.3) is 11.2 Å². The lowest BCUT2D eigenvalue weighted by Gasteiger charge is -2.26. The number of aromatic nitrogens is 4. The summed E-state index contributed by atoms with van der Waals surface area (Å²) in [7, 11) is 0. The molecule has 6 rings (SSSR count). The van der Waals surface area contributed by atoms with Gasteiger partial charge in [-0.05, 0) is 51.3 Å². The van der Waals surface area contributed by atoms with Crippen LogP contribution in [0, 0.1) is 12.8 Å². The topological polar surface area (TPSA) is 96.5 Å². The number of nitrogens with zero attached hydrogens (tertiary/aromatic N) is 4. The van der Waals surface area contributed by atoms with Crippen LogP contribution in [-0.4, -0.2) is 37.7 Å². The predicted molar refractivity (Wildman–Crippen MR) is 144 cm³/mol. The smallest absolute Gasteiger partial charge is 0.174 e. The van der Waals surface area contributed by atoms with E-state index in [4.69, 9.17) is 46.9 Å². The highest BCUT2D eigenvalue weighted by atomic mass is 35.5. The van der Waals surface area contributed by atoms with Crippen LogP contribution in [0.5, 0.6) is 5.75 Å². The first-order chi connectivity index (χ1) is 18.2. The fourth-order valence-corrected chi connectivity index (χ4v) is 5.96. The second-order valence-corrected chi connectivity index (χ2v) is 11.3. The first kappa shape index (κ1) is 25.4. The van der Waals surface area contributed by atoms with Gasteiger partial charge in [-0.25, -0.2) is 9.97 Å². The van der Waals surface area contributed by atoms with Crippen LogP contribution in [0.3, 0.4) is 0 Å². The zero-order chi connectivity index (χ0) is 26.6. The Kier molecular flexibility index (Phi) is 6.50. The van der Waals surface area contributed by atoms with Crippen LogP contribution in [0.2, 0.25) is 10.2 Å². The highest BCUT2D eigenvalue weighted by molar-refractivity contribution is 6.30. The minimum atomic E-state index is -0.606. The Morgan fingerprint density at radius 2 is 2.03 bits per heavy atom. The summed E-state index contributed by atoms with van der Waals surface area (Å²) >= 11 is 12.8. The summed E-state index contributed by atoms with van der Waals surface area (Å²) < 4.78 is 25.8. The first-order valence-corrected chi connectivity index (χ1v) is 13.4. The molecule has 38 heavy (non-hydrogen) atoms. The van der Waals surface area contributed by atoms with Crippen molar-refractivity contribution < 1.29 is 18.7 Å². The van der Waals surface area contributed by atoms with E-state index in [0.29, 0.717) is 39.8 Å². The van der Waals surface area contributed by atoms with Crippen LogP contribution in [-0.2, 0) is 22.6 Å². The van der Waals surface area contributed by atoms with Gasteiger partial charge in [-0.2, -0.15) is 0 Å². The molecule has 4 heterocycles. The minimum Gasteiger partial charge on any atom is -0.485 e. The maximum Gasteiger partial charge on any atom is 0.174 e. The molecule has 0 amide bonds. The number of pyridine rings is 1. The summed E-state index contributed by atoms with van der Waals surface area (Å²) in [6, 6.07) is 9.17. The SMILES string of the molecule is Cc1cc(COc2ccc(Cl)cc2CNc2cc(Cl)nc3c2ncn3[C@H]2[C@@H]3OC(C)(C)O[C@@H]3C[C@@H]2C)on1. The first-order valence-electron chi connectivity index (χ1n) is 12.6. The second-order valence-electron chi connectivity index (χ2n) is 10.5. The molecule has 2 fully saturated rings. The number of rotatable bonds is 7. The van der Waals surface area contributed by atoms with Crippen molar-refractivity contribution in [3.63, 3.8) is 0 Å². The van der Waals surface area contributed by atoms with E-state index in [2.05, 4.69) is 26.9 Å². The summed E-state index contributed by atoms with van der Waals surface area (Å²) in [6.07, 6.45) is 2.70. The zero-order valence-corrected chi connectivity index (χ0v) is 23.1. The molecule has 1 aromatic carbocycles. The third-order valence-corrected chi connectivity index (χ3v) is 7.53. The van der Waals surface area contributed by atoms with Crippen molar-refractivity contribution in [1.82, 2.24) is 19.7 Å². The molecular formula is C27H29Cl2N5O4. The number of benzene rings is 1. The maximum absolute atomic E-state index is 6.50. The Hall–Kier alpha value is -2.85. The lowest BCUT2D eigenvalue weighted by Crippen LogP contribution is -2.29. The second kappa shape index (κ2) is 9.72. The molecule has 1 saturated carbocycles. The quantitative estimate of drug-likeness (QED) is 0.263. The van der Waals surface area contributed by atoms with Gasteiger partial charge >= 0.3 is 0 Å². The lowest BCUT2D eigenvalue weighted by atomic mass is 10.1. The van der Waals surface area contributed by atoms with E-state index in [-0.39, 0.29) is 24.9 Å². The largest absolute Gasteiger partial charge is 0.485 e. The number of anilines is 1. The van der Waals surface area contributed by atoms with Gasteiger partial charge in [0.05, 0.1) is 29.9 Å². The average molecular weight is 558 g/mol. The van der Waals surface area contributed by atoms with E-state index in [1.807, 2.05) is 45.3 Å². The molecule has 1 aliphatic carbocycles. The van der Waals surface area contributed by atoms with Gasteiger partial charge in [0.1, 0.15) is 29.1 Å². The fraction of sp³-hybridized carbons (Fsp3) is 0.444. The van der Waals surface area contributed by atoms with Crippen LogP contribution >= 0.6 is 23.2 Å².